The first-order chi connectivity index (χ1) is 18.4. The van der Waals surface area contributed by atoms with Gasteiger partial charge >= 0.3 is 5.97 Å². The van der Waals surface area contributed by atoms with Gasteiger partial charge in [0.05, 0.1) is 27.6 Å². The molecule has 0 saturated carbocycles. The summed E-state index contributed by atoms with van der Waals surface area (Å²) < 4.78 is 31.8. The number of nitrogens with zero attached hydrogens (tertiary/aromatic N) is 3. The second-order valence-corrected chi connectivity index (χ2v) is 12.3. The summed E-state index contributed by atoms with van der Waals surface area (Å²) in [6.45, 7) is 8.55. The van der Waals surface area contributed by atoms with Gasteiger partial charge < -0.3 is 25.4 Å². The zero-order valence-electron chi connectivity index (χ0n) is 22.3. The van der Waals surface area contributed by atoms with E-state index in [1.165, 1.54) is 4.90 Å². The second kappa shape index (κ2) is 10.9. The Morgan fingerprint density at radius 3 is 2.51 bits per heavy atom. The van der Waals surface area contributed by atoms with E-state index in [2.05, 4.69) is 20.6 Å². The lowest BCUT2D eigenvalue weighted by Crippen LogP contribution is -2.29. The first-order valence-electron chi connectivity index (χ1n) is 12.4. The number of anilines is 4. The van der Waals surface area contributed by atoms with Gasteiger partial charge in [0.2, 0.25) is 5.95 Å². The number of aliphatic carboxylic acids is 1. The van der Waals surface area contributed by atoms with Gasteiger partial charge in [0, 0.05) is 23.9 Å². The molecule has 2 heterocycles. The quantitative estimate of drug-likeness (QED) is 0.332. The van der Waals surface area contributed by atoms with Crippen LogP contribution in [0.3, 0.4) is 0 Å². The molecule has 0 radical (unpaired) electrons. The summed E-state index contributed by atoms with van der Waals surface area (Å²) in [5, 5.41) is 14.8. The van der Waals surface area contributed by atoms with Gasteiger partial charge in [0.25, 0.3) is 5.91 Å². The topological polar surface area (TPSA) is 151 Å². The largest absolute Gasteiger partial charge is 0.489 e. The Bertz CT molecular complexity index is 1540. The van der Waals surface area contributed by atoms with Crippen molar-refractivity contribution in [2.75, 3.05) is 17.2 Å². The fraction of sp³-hybridized carbons (Fsp3) is 0.333. The van der Waals surface area contributed by atoms with Gasteiger partial charge in [-0.3, -0.25) is 9.59 Å². The van der Waals surface area contributed by atoms with Crippen molar-refractivity contribution >= 4 is 44.9 Å². The molecule has 2 aromatic carbocycles. The van der Waals surface area contributed by atoms with Crippen LogP contribution in [0.15, 0.2) is 47.5 Å². The van der Waals surface area contributed by atoms with E-state index in [9.17, 15) is 18.0 Å². The molecule has 0 fully saturated rings. The van der Waals surface area contributed by atoms with Crippen LogP contribution in [0.4, 0.5) is 23.1 Å². The minimum Gasteiger partial charge on any atom is -0.489 e. The number of rotatable bonds is 10. The number of amides is 1. The standard InChI is InChI=1S/C27H31N5O6S/c1-15(2)38-22-10-18-13-32(14-24(33)34)26(35)19(18)11-21(22)30-27-28-12-17(5)25(31-27)29-20-8-6-7-9-23(20)39(36,37)16(3)4/h6-12,15-16H,13-14H2,1-5H3,(H,33,34)(H2,28,29,30,31). The summed E-state index contributed by atoms with van der Waals surface area (Å²) in [6, 6.07) is 9.97. The van der Waals surface area contributed by atoms with Crippen molar-refractivity contribution in [3.8, 4) is 5.75 Å². The van der Waals surface area contributed by atoms with Crippen LogP contribution in [0, 0.1) is 6.92 Å². The number of carbonyl (C=O) groups excluding carboxylic acids is 1. The molecule has 3 aromatic rings. The molecule has 0 bridgehead atoms. The molecule has 206 valence electrons. The van der Waals surface area contributed by atoms with Crippen molar-refractivity contribution in [1.29, 1.82) is 0 Å². The molecule has 1 aromatic heterocycles. The van der Waals surface area contributed by atoms with Crippen LogP contribution >= 0.6 is 0 Å². The smallest absolute Gasteiger partial charge is 0.323 e. The third kappa shape index (κ3) is 5.95. The monoisotopic (exact) mass is 553 g/mol. The Labute approximate surface area is 227 Å². The van der Waals surface area contributed by atoms with E-state index in [0.717, 1.165) is 0 Å². The molecule has 0 aliphatic carbocycles. The van der Waals surface area contributed by atoms with E-state index in [-0.39, 0.29) is 29.4 Å². The number of fused-ring (bicyclic) bond motifs is 1. The number of aromatic nitrogens is 2. The highest BCUT2D eigenvalue weighted by atomic mass is 32.2. The zero-order valence-corrected chi connectivity index (χ0v) is 23.2. The minimum absolute atomic E-state index is 0.170. The molecule has 0 spiro atoms. The van der Waals surface area contributed by atoms with Crippen molar-refractivity contribution in [3.63, 3.8) is 0 Å². The van der Waals surface area contributed by atoms with Gasteiger partial charge in [0.1, 0.15) is 18.1 Å². The van der Waals surface area contributed by atoms with E-state index >= 15 is 0 Å². The minimum atomic E-state index is -3.55. The maximum atomic E-state index is 12.9. The maximum Gasteiger partial charge on any atom is 0.323 e. The van der Waals surface area contributed by atoms with Crippen LogP contribution < -0.4 is 15.4 Å². The van der Waals surface area contributed by atoms with Crippen LogP contribution in [0.5, 0.6) is 5.75 Å². The molecular weight excluding hydrogens is 522 g/mol. The highest BCUT2D eigenvalue weighted by Crippen LogP contribution is 2.36. The number of carboxylic acids is 1. The fourth-order valence-corrected chi connectivity index (χ4v) is 5.29. The zero-order chi connectivity index (χ0) is 28.5. The molecule has 0 saturated heterocycles. The first kappa shape index (κ1) is 27.8. The van der Waals surface area contributed by atoms with Crippen molar-refractivity contribution in [2.24, 2.45) is 0 Å². The number of hydrogen-bond acceptors (Lipinski definition) is 9. The number of hydrogen-bond donors (Lipinski definition) is 3. The van der Waals surface area contributed by atoms with Crippen molar-refractivity contribution in [2.45, 2.75) is 57.4 Å². The molecule has 1 aliphatic rings. The summed E-state index contributed by atoms with van der Waals surface area (Å²) in [5.41, 5.74) is 2.55. The van der Waals surface area contributed by atoms with Crippen LogP contribution in [0.1, 0.15) is 49.2 Å². The lowest BCUT2D eigenvalue weighted by Gasteiger charge is -2.18. The molecule has 3 N–H and O–H groups in total. The number of sulfone groups is 1. The molecule has 0 unspecified atom stereocenters. The normalized spacial score (nSPS) is 13.1. The molecule has 0 atom stereocenters. The molecule has 4 rings (SSSR count). The fourth-order valence-electron chi connectivity index (χ4n) is 4.09. The number of benzene rings is 2. The maximum absolute atomic E-state index is 12.9. The molecule has 1 amide bonds. The van der Waals surface area contributed by atoms with Gasteiger partial charge in [-0.1, -0.05) is 12.1 Å². The van der Waals surface area contributed by atoms with E-state index < -0.39 is 27.6 Å². The van der Waals surface area contributed by atoms with Gasteiger partial charge in [-0.05, 0) is 64.4 Å². The highest BCUT2D eigenvalue weighted by Gasteiger charge is 2.31. The van der Waals surface area contributed by atoms with Gasteiger partial charge in [-0.25, -0.2) is 13.4 Å². The van der Waals surface area contributed by atoms with Gasteiger partial charge in [-0.15, -0.1) is 0 Å². The van der Waals surface area contributed by atoms with E-state index in [1.54, 1.807) is 63.4 Å². The molecule has 11 nitrogen and oxygen atoms in total. The van der Waals surface area contributed by atoms with E-state index in [4.69, 9.17) is 9.84 Å². The average Bonchev–Trinajstić information content (AvgIpc) is 3.14. The molecule has 1 aliphatic heterocycles. The summed E-state index contributed by atoms with van der Waals surface area (Å²) in [6.07, 6.45) is 1.42. The summed E-state index contributed by atoms with van der Waals surface area (Å²) in [7, 11) is -3.55. The third-order valence-corrected chi connectivity index (χ3v) is 8.27. The summed E-state index contributed by atoms with van der Waals surface area (Å²) in [4.78, 5) is 34.4. The van der Waals surface area contributed by atoms with E-state index in [0.29, 0.717) is 39.6 Å². The second-order valence-electron chi connectivity index (χ2n) is 9.79. The van der Waals surface area contributed by atoms with Crippen molar-refractivity contribution in [3.05, 3.63) is 59.3 Å². The number of carbonyl (C=O) groups is 2. The Kier molecular flexibility index (Phi) is 7.77. The van der Waals surface area contributed by atoms with Gasteiger partial charge in [0.15, 0.2) is 9.84 Å². The number of aryl methyl sites for hydroxylation is 1. The number of ether oxygens (including phenoxy) is 1. The average molecular weight is 554 g/mol. The van der Waals surface area contributed by atoms with Crippen LogP contribution in [-0.2, 0) is 21.2 Å². The van der Waals surface area contributed by atoms with Crippen molar-refractivity contribution < 1.29 is 27.9 Å². The highest BCUT2D eigenvalue weighted by molar-refractivity contribution is 7.92. The molecule has 39 heavy (non-hydrogen) atoms. The Morgan fingerprint density at radius 1 is 1.13 bits per heavy atom. The SMILES string of the molecule is Cc1cnc(Nc2cc3c(cc2OC(C)C)CN(CC(=O)O)C3=O)nc1Nc1ccccc1S(=O)(=O)C(C)C. The summed E-state index contributed by atoms with van der Waals surface area (Å²) >= 11 is 0. The van der Waals surface area contributed by atoms with Crippen LogP contribution in [-0.4, -0.2) is 58.2 Å². The van der Waals surface area contributed by atoms with Crippen LogP contribution in [0.25, 0.3) is 0 Å². The van der Waals surface area contributed by atoms with Crippen molar-refractivity contribution in [1.82, 2.24) is 14.9 Å². The molecular formula is C27H31N5O6S. The lowest BCUT2D eigenvalue weighted by atomic mass is 10.1. The number of carboxylic acid groups (broad SMARTS) is 1. The lowest BCUT2D eigenvalue weighted by molar-refractivity contribution is -0.137. The third-order valence-electron chi connectivity index (χ3n) is 6.06. The molecule has 12 heteroatoms. The predicted molar refractivity (Wildman–Crippen MR) is 147 cm³/mol. The Morgan fingerprint density at radius 2 is 1.85 bits per heavy atom. The number of nitrogens with one attached hydrogen (secondary N) is 2. The van der Waals surface area contributed by atoms with Crippen LogP contribution in [0.2, 0.25) is 0 Å². The first-order valence-corrected chi connectivity index (χ1v) is 14.0. The Hall–Kier alpha value is -4.19. The number of para-hydroxylation sites is 1. The Balaban J connectivity index is 1.68. The van der Waals surface area contributed by atoms with Gasteiger partial charge in [-0.2, -0.15) is 4.98 Å². The summed E-state index contributed by atoms with van der Waals surface area (Å²) in [5.74, 6) is -0.435. The predicted octanol–water partition coefficient (Wildman–Crippen LogP) is 4.28. The van der Waals surface area contributed by atoms with E-state index in [1.807, 2.05) is 13.8 Å².